The van der Waals surface area contributed by atoms with Crippen molar-refractivity contribution in [3.05, 3.63) is 16.1 Å². The average molecular weight is 267 g/mol. The Hall–Kier alpha value is -0.940. The molecule has 4 nitrogen and oxygen atoms in total. The van der Waals surface area contributed by atoms with Crippen LogP contribution in [0.15, 0.2) is 5.38 Å². The molecular formula is C13H21N3OS. The SMILES string of the molecule is CCC1CCCCN1C(=O)c1csc(CCN)n1. The largest absolute Gasteiger partial charge is 0.334 e. The third-order valence-corrected chi connectivity index (χ3v) is 4.40. The molecule has 18 heavy (non-hydrogen) atoms. The summed E-state index contributed by atoms with van der Waals surface area (Å²) in [5, 5.41) is 2.83. The lowest BCUT2D eigenvalue weighted by Gasteiger charge is -2.34. The van der Waals surface area contributed by atoms with E-state index in [2.05, 4.69) is 11.9 Å². The van der Waals surface area contributed by atoms with Crippen LogP contribution in [0, 0.1) is 0 Å². The van der Waals surface area contributed by atoms with Gasteiger partial charge in [0.25, 0.3) is 5.91 Å². The van der Waals surface area contributed by atoms with Gasteiger partial charge in [0.1, 0.15) is 5.69 Å². The van der Waals surface area contributed by atoms with Crippen LogP contribution >= 0.6 is 11.3 Å². The highest BCUT2D eigenvalue weighted by atomic mass is 32.1. The van der Waals surface area contributed by atoms with Gasteiger partial charge in [-0.2, -0.15) is 0 Å². The number of amides is 1. The maximum atomic E-state index is 12.4. The zero-order valence-corrected chi connectivity index (χ0v) is 11.7. The van der Waals surface area contributed by atoms with Crippen LogP contribution in [-0.2, 0) is 6.42 Å². The van der Waals surface area contributed by atoms with Crippen LogP contribution in [0.4, 0.5) is 0 Å². The van der Waals surface area contributed by atoms with Crippen LogP contribution in [-0.4, -0.2) is 34.9 Å². The molecule has 1 atom stereocenters. The Morgan fingerprint density at radius 1 is 1.61 bits per heavy atom. The number of aromatic nitrogens is 1. The number of hydrogen-bond acceptors (Lipinski definition) is 4. The Kier molecular flexibility index (Phi) is 4.72. The lowest BCUT2D eigenvalue weighted by molar-refractivity contribution is 0.0602. The number of carbonyl (C=O) groups is 1. The van der Waals surface area contributed by atoms with Crippen LogP contribution in [0.3, 0.4) is 0 Å². The molecule has 0 radical (unpaired) electrons. The first-order valence-electron chi connectivity index (χ1n) is 6.71. The minimum absolute atomic E-state index is 0.0982. The van der Waals surface area contributed by atoms with Gasteiger partial charge in [-0.3, -0.25) is 4.79 Å². The number of rotatable bonds is 4. The maximum Gasteiger partial charge on any atom is 0.273 e. The third-order valence-electron chi connectivity index (χ3n) is 3.49. The summed E-state index contributed by atoms with van der Waals surface area (Å²) in [6.45, 7) is 3.61. The highest BCUT2D eigenvalue weighted by molar-refractivity contribution is 7.09. The molecule has 1 unspecified atom stereocenters. The molecule has 2 rings (SSSR count). The Bertz CT molecular complexity index is 405. The molecule has 0 saturated carbocycles. The summed E-state index contributed by atoms with van der Waals surface area (Å²) in [4.78, 5) is 18.8. The molecule has 2 heterocycles. The molecule has 0 aliphatic carbocycles. The minimum Gasteiger partial charge on any atom is -0.334 e. The van der Waals surface area contributed by atoms with E-state index >= 15 is 0 Å². The highest BCUT2D eigenvalue weighted by Crippen LogP contribution is 2.22. The van der Waals surface area contributed by atoms with Gasteiger partial charge in [0.2, 0.25) is 0 Å². The molecule has 1 aromatic heterocycles. The fourth-order valence-electron chi connectivity index (χ4n) is 2.49. The van der Waals surface area contributed by atoms with Crippen molar-refractivity contribution in [3.63, 3.8) is 0 Å². The molecule has 1 aliphatic heterocycles. The molecule has 0 aromatic carbocycles. The van der Waals surface area contributed by atoms with Crippen LogP contribution in [0.5, 0.6) is 0 Å². The van der Waals surface area contributed by atoms with E-state index in [-0.39, 0.29) is 5.91 Å². The summed E-state index contributed by atoms with van der Waals surface area (Å²) in [5.74, 6) is 0.0982. The summed E-state index contributed by atoms with van der Waals surface area (Å²) >= 11 is 1.54. The fraction of sp³-hybridized carbons (Fsp3) is 0.692. The van der Waals surface area contributed by atoms with E-state index in [1.807, 2.05) is 10.3 Å². The van der Waals surface area contributed by atoms with Gasteiger partial charge in [0, 0.05) is 24.4 Å². The van der Waals surface area contributed by atoms with E-state index < -0.39 is 0 Å². The van der Waals surface area contributed by atoms with Crippen LogP contribution in [0.1, 0.15) is 48.1 Å². The standard InChI is InChI=1S/C13H21N3OS/c1-2-10-5-3-4-8-16(10)13(17)11-9-18-12(15-11)6-7-14/h9-10H,2-8,14H2,1H3. The Morgan fingerprint density at radius 3 is 3.17 bits per heavy atom. The number of carbonyl (C=O) groups excluding carboxylic acids is 1. The van der Waals surface area contributed by atoms with E-state index in [0.717, 1.165) is 37.2 Å². The van der Waals surface area contributed by atoms with E-state index in [4.69, 9.17) is 5.73 Å². The summed E-state index contributed by atoms with van der Waals surface area (Å²) in [7, 11) is 0. The van der Waals surface area contributed by atoms with Gasteiger partial charge < -0.3 is 10.6 Å². The summed E-state index contributed by atoms with van der Waals surface area (Å²) in [6, 6.07) is 0.394. The molecule has 100 valence electrons. The first-order valence-corrected chi connectivity index (χ1v) is 7.59. The molecule has 2 N–H and O–H groups in total. The molecular weight excluding hydrogens is 246 g/mol. The smallest absolute Gasteiger partial charge is 0.273 e. The van der Waals surface area contributed by atoms with Crippen molar-refractivity contribution >= 4 is 17.2 Å². The van der Waals surface area contributed by atoms with Gasteiger partial charge in [0.05, 0.1) is 5.01 Å². The lowest BCUT2D eigenvalue weighted by atomic mass is 10.00. The third kappa shape index (κ3) is 2.90. The minimum atomic E-state index is 0.0982. The van der Waals surface area contributed by atoms with Crippen molar-refractivity contribution in [2.24, 2.45) is 5.73 Å². The number of piperidine rings is 1. The van der Waals surface area contributed by atoms with Gasteiger partial charge in [0.15, 0.2) is 0 Å². The van der Waals surface area contributed by atoms with Crippen molar-refractivity contribution in [1.29, 1.82) is 0 Å². The molecule has 1 fully saturated rings. The Morgan fingerprint density at radius 2 is 2.44 bits per heavy atom. The molecule has 5 heteroatoms. The van der Waals surface area contributed by atoms with Crippen molar-refractivity contribution < 1.29 is 4.79 Å². The number of nitrogens with two attached hydrogens (primary N) is 1. The molecule has 1 amide bonds. The summed E-state index contributed by atoms with van der Waals surface area (Å²) in [6.07, 6.45) is 5.27. The molecule has 0 bridgehead atoms. The van der Waals surface area contributed by atoms with Crippen LogP contribution in [0.2, 0.25) is 0 Å². The van der Waals surface area contributed by atoms with Gasteiger partial charge in [-0.15, -0.1) is 11.3 Å². The molecule has 1 saturated heterocycles. The van der Waals surface area contributed by atoms with E-state index in [0.29, 0.717) is 18.3 Å². The molecule has 1 aromatic rings. The van der Waals surface area contributed by atoms with Crippen LogP contribution in [0.25, 0.3) is 0 Å². The van der Waals surface area contributed by atoms with Crippen molar-refractivity contribution in [2.75, 3.05) is 13.1 Å². The van der Waals surface area contributed by atoms with Gasteiger partial charge in [-0.05, 0) is 32.2 Å². The Labute approximate surface area is 112 Å². The lowest BCUT2D eigenvalue weighted by Crippen LogP contribution is -2.43. The maximum absolute atomic E-state index is 12.4. The Balaban J connectivity index is 2.08. The predicted octanol–water partition coefficient (Wildman–Crippen LogP) is 2.05. The van der Waals surface area contributed by atoms with Gasteiger partial charge in [-0.25, -0.2) is 4.98 Å². The van der Waals surface area contributed by atoms with Crippen molar-refractivity contribution in [1.82, 2.24) is 9.88 Å². The quantitative estimate of drug-likeness (QED) is 0.908. The first-order chi connectivity index (χ1) is 8.76. The topological polar surface area (TPSA) is 59.2 Å². The number of thiazole rings is 1. The van der Waals surface area contributed by atoms with E-state index in [1.54, 1.807) is 0 Å². The van der Waals surface area contributed by atoms with Gasteiger partial charge in [-0.1, -0.05) is 6.92 Å². The van der Waals surface area contributed by atoms with Crippen molar-refractivity contribution in [3.8, 4) is 0 Å². The predicted molar refractivity (Wildman–Crippen MR) is 73.8 cm³/mol. The average Bonchev–Trinajstić information content (AvgIpc) is 2.87. The summed E-state index contributed by atoms with van der Waals surface area (Å²) < 4.78 is 0. The van der Waals surface area contributed by atoms with Gasteiger partial charge >= 0.3 is 0 Å². The summed E-state index contributed by atoms with van der Waals surface area (Å²) in [5.41, 5.74) is 6.10. The second-order valence-electron chi connectivity index (χ2n) is 4.72. The normalized spacial score (nSPS) is 20.1. The monoisotopic (exact) mass is 267 g/mol. The zero-order chi connectivity index (χ0) is 13.0. The number of hydrogen-bond donors (Lipinski definition) is 1. The fourth-order valence-corrected chi connectivity index (χ4v) is 3.27. The van der Waals surface area contributed by atoms with E-state index in [9.17, 15) is 4.79 Å². The van der Waals surface area contributed by atoms with Crippen molar-refractivity contribution in [2.45, 2.75) is 45.1 Å². The highest BCUT2D eigenvalue weighted by Gasteiger charge is 2.27. The second kappa shape index (κ2) is 6.29. The number of likely N-dealkylation sites (tertiary alicyclic amines) is 1. The number of nitrogens with zero attached hydrogens (tertiary/aromatic N) is 2. The molecule has 1 aliphatic rings. The molecule has 0 spiro atoms. The van der Waals surface area contributed by atoms with E-state index in [1.165, 1.54) is 17.8 Å². The van der Waals surface area contributed by atoms with Crippen LogP contribution < -0.4 is 5.73 Å². The zero-order valence-electron chi connectivity index (χ0n) is 10.9. The second-order valence-corrected chi connectivity index (χ2v) is 5.66. The first kappa shape index (κ1) is 13.5.